The largest absolute Gasteiger partial charge is 0.212 e. The molecule has 0 saturated carbocycles. The van der Waals surface area contributed by atoms with Crippen LogP contribution in [0.1, 0.15) is 42.0 Å². The fraction of sp³-hybridized carbons (Fsp3) is 0.571. The van der Waals surface area contributed by atoms with Gasteiger partial charge in [-0.2, -0.15) is 0 Å². The Balaban J connectivity index is 2.72. The second-order valence-electron chi connectivity index (χ2n) is 4.86. The third kappa shape index (κ3) is 4.42. The summed E-state index contributed by atoms with van der Waals surface area (Å²) in [5.74, 6) is 0.216. The molecule has 18 heavy (non-hydrogen) atoms. The van der Waals surface area contributed by atoms with Crippen molar-refractivity contribution in [2.24, 2.45) is 0 Å². The summed E-state index contributed by atoms with van der Waals surface area (Å²) in [5, 5.41) is 0. The van der Waals surface area contributed by atoms with Gasteiger partial charge in [0, 0.05) is 6.54 Å². The molecule has 1 rings (SSSR count). The van der Waals surface area contributed by atoms with E-state index in [2.05, 4.69) is 23.8 Å². The van der Waals surface area contributed by atoms with Crippen LogP contribution >= 0.6 is 0 Å². The minimum Gasteiger partial charge on any atom is -0.212 e. The third-order valence-corrected chi connectivity index (χ3v) is 4.61. The number of hydrogen-bond donors (Lipinski definition) is 1. The van der Waals surface area contributed by atoms with Crippen molar-refractivity contribution in [3.05, 3.63) is 34.4 Å². The van der Waals surface area contributed by atoms with Gasteiger partial charge in [0.1, 0.15) is 0 Å². The molecule has 0 atom stereocenters. The van der Waals surface area contributed by atoms with Gasteiger partial charge >= 0.3 is 0 Å². The summed E-state index contributed by atoms with van der Waals surface area (Å²) < 4.78 is 26.1. The minimum absolute atomic E-state index is 0.216. The Kier molecular flexibility index (Phi) is 5.35. The zero-order valence-corrected chi connectivity index (χ0v) is 12.5. The van der Waals surface area contributed by atoms with Crippen molar-refractivity contribution in [3.63, 3.8) is 0 Å². The third-order valence-electron chi connectivity index (χ3n) is 3.20. The molecule has 3 nitrogen and oxygen atoms in total. The SMILES string of the molecule is CCCCS(=O)(=O)NCc1cc(C)c(C)cc1C. The molecule has 0 radical (unpaired) electrons. The summed E-state index contributed by atoms with van der Waals surface area (Å²) in [6.45, 7) is 8.51. The predicted octanol–water partition coefficient (Wildman–Crippen LogP) is 2.83. The van der Waals surface area contributed by atoms with Gasteiger partial charge in [-0.3, -0.25) is 0 Å². The van der Waals surface area contributed by atoms with E-state index in [-0.39, 0.29) is 5.75 Å². The normalized spacial score (nSPS) is 11.8. The molecule has 0 fully saturated rings. The van der Waals surface area contributed by atoms with Crippen LogP contribution < -0.4 is 4.72 Å². The van der Waals surface area contributed by atoms with Crippen LogP contribution in [0, 0.1) is 20.8 Å². The van der Waals surface area contributed by atoms with Gasteiger partial charge in [-0.05, 0) is 49.4 Å². The van der Waals surface area contributed by atoms with Crippen LogP contribution in [-0.2, 0) is 16.6 Å². The van der Waals surface area contributed by atoms with Crippen molar-refractivity contribution in [2.75, 3.05) is 5.75 Å². The van der Waals surface area contributed by atoms with E-state index >= 15 is 0 Å². The lowest BCUT2D eigenvalue weighted by molar-refractivity contribution is 0.578. The lowest BCUT2D eigenvalue weighted by atomic mass is 10.0. The van der Waals surface area contributed by atoms with Gasteiger partial charge < -0.3 is 0 Å². The highest BCUT2D eigenvalue weighted by Crippen LogP contribution is 2.15. The molecule has 0 bridgehead atoms. The molecule has 0 aromatic heterocycles. The quantitative estimate of drug-likeness (QED) is 0.863. The maximum absolute atomic E-state index is 11.7. The van der Waals surface area contributed by atoms with Crippen LogP contribution in [0.25, 0.3) is 0 Å². The Bertz CT molecular complexity index is 507. The van der Waals surface area contributed by atoms with Crippen molar-refractivity contribution in [3.8, 4) is 0 Å². The number of hydrogen-bond acceptors (Lipinski definition) is 2. The lowest BCUT2D eigenvalue weighted by Gasteiger charge is -2.11. The molecule has 0 aliphatic carbocycles. The summed E-state index contributed by atoms with van der Waals surface area (Å²) in [7, 11) is -3.13. The second-order valence-corrected chi connectivity index (χ2v) is 6.78. The summed E-state index contributed by atoms with van der Waals surface area (Å²) in [6.07, 6.45) is 1.60. The number of benzene rings is 1. The maximum atomic E-state index is 11.7. The molecule has 1 N–H and O–H groups in total. The van der Waals surface area contributed by atoms with Crippen molar-refractivity contribution >= 4 is 10.0 Å². The van der Waals surface area contributed by atoms with Crippen molar-refractivity contribution in [1.82, 2.24) is 4.72 Å². The monoisotopic (exact) mass is 269 g/mol. The number of rotatable bonds is 6. The Morgan fingerprint density at radius 2 is 1.67 bits per heavy atom. The highest BCUT2D eigenvalue weighted by atomic mass is 32.2. The highest BCUT2D eigenvalue weighted by Gasteiger charge is 2.10. The molecule has 0 unspecified atom stereocenters. The van der Waals surface area contributed by atoms with E-state index in [0.717, 1.165) is 17.5 Å². The molecular weight excluding hydrogens is 246 g/mol. The first-order valence-corrected chi connectivity index (χ1v) is 8.05. The Morgan fingerprint density at radius 3 is 2.28 bits per heavy atom. The molecule has 4 heteroatoms. The van der Waals surface area contributed by atoms with Crippen LogP contribution in [-0.4, -0.2) is 14.2 Å². The first-order valence-electron chi connectivity index (χ1n) is 6.40. The van der Waals surface area contributed by atoms with E-state index in [9.17, 15) is 8.42 Å². The molecule has 0 aliphatic heterocycles. The number of unbranched alkanes of at least 4 members (excludes halogenated alkanes) is 1. The molecule has 1 aromatic carbocycles. The van der Waals surface area contributed by atoms with E-state index in [4.69, 9.17) is 0 Å². The van der Waals surface area contributed by atoms with Gasteiger partial charge in [0.05, 0.1) is 5.75 Å². The van der Waals surface area contributed by atoms with Gasteiger partial charge in [-0.15, -0.1) is 0 Å². The fourth-order valence-electron chi connectivity index (χ4n) is 1.80. The Morgan fingerprint density at radius 1 is 1.06 bits per heavy atom. The van der Waals surface area contributed by atoms with Gasteiger partial charge in [-0.1, -0.05) is 25.5 Å². The molecular formula is C14H23NO2S. The van der Waals surface area contributed by atoms with Crippen molar-refractivity contribution in [2.45, 2.75) is 47.1 Å². The first-order chi connectivity index (χ1) is 8.35. The second kappa shape index (κ2) is 6.34. The summed E-state index contributed by atoms with van der Waals surface area (Å²) >= 11 is 0. The van der Waals surface area contributed by atoms with Gasteiger partial charge in [-0.25, -0.2) is 13.1 Å². The van der Waals surface area contributed by atoms with E-state index < -0.39 is 10.0 Å². The predicted molar refractivity (Wildman–Crippen MR) is 76.2 cm³/mol. The smallest absolute Gasteiger partial charge is 0.211 e. The molecule has 1 aromatic rings. The Hall–Kier alpha value is -0.870. The van der Waals surface area contributed by atoms with E-state index in [0.29, 0.717) is 13.0 Å². The van der Waals surface area contributed by atoms with Crippen molar-refractivity contribution < 1.29 is 8.42 Å². The van der Waals surface area contributed by atoms with E-state index in [1.807, 2.05) is 20.8 Å². The summed E-state index contributed by atoms with van der Waals surface area (Å²) in [6, 6.07) is 4.16. The summed E-state index contributed by atoms with van der Waals surface area (Å²) in [4.78, 5) is 0. The first kappa shape index (κ1) is 15.2. The van der Waals surface area contributed by atoms with Crippen LogP contribution in [0.2, 0.25) is 0 Å². The maximum Gasteiger partial charge on any atom is 0.211 e. The van der Waals surface area contributed by atoms with Gasteiger partial charge in [0.2, 0.25) is 10.0 Å². The van der Waals surface area contributed by atoms with Crippen LogP contribution in [0.15, 0.2) is 12.1 Å². The van der Waals surface area contributed by atoms with Crippen LogP contribution in [0.4, 0.5) is 0 Å². The van der Waals surface area contributed by atoms with Gasteiger partial charge in [0.15, 0.2) is 0 Å². The van der Waals surface area contributed by atoms with E-state index in [1.165, 1.54) is 11.1 Å². The van der Waals surface area contributed by atoms with E-state index in [1.54, 1.807) is 0 Å². The average molecular weight is 269 g/mol. The summed E-state index contributed by atoms with van der Waals surface area (Å²) in [5.41, 5.74) is 4.63. The van der Waals surface area contributed by atoms with Crippen LogP contribution in [0.3, 0.4) is 0 Å². The van der Waals surface area contributed by atoms with Crippen LogP contribution in [0.5, 0.6) is 0 Å². The highest BCUT2D eigenvalue weighted by molar-refractivity contribution is 7.89. The standard InChI is InChI=1S/C14H23NO2S/c1-5-6-7-18(16,17)15-10-14-9-12(3)11(2)8-13(14)4/h8-9,15H,5-7,10H2,1-4H3. The van der Waals surface area contributed by atoms with Crippen molar-refractivity contribution in [1.29, 1.82) is 0 Å². The molecule has 0 heterocycles. The number of aryl methyl sites for hydroxylation is 3. The Labute approximate surface area is 111 Å². The minimum atomic E-state index is -3.13. The molecule has 0 saturated heterocycles. The van der Waals surface area contributed by atoms with Gasteiger partial charge in [0.25, 0.3) is 0 Å². The molecule has 0 spiro atoms. The molecule has 0 amide bonds. The lowest BCUT2D eigenvalue weighted by Crippen LogP contribution is -2.26. The topological polar surface area (TPSA) is 46.2 Å². The number of sulfonamides is 1. The molecule has 0 aliphatic rings. The zero-order chi connectivity index (χ0) is 13.8. The molecule has 102 valence electrons. The zero-order valence-electron chi connectivity index (χ0n) is 11.7. The number of nitrogens with one attached hydrogen (secondary N) is 1. The average Bonchev–Trinajstić information content (AvgIpc) is 2.30. The fourth-order valence-corrected chi connectivity index (χ4v) is 2.99.